The van der Waals surface area contributed by atoms with Crippen molar-refractivity contribution in [3.05, 3.63) is 53.0 Å². The van der Waals surface area contributed by atoms with E-state index in [1.54, 1.807) is 19.9 Å². The van der Waals surface area contributed by atoms with Gasteiger partial charge in [-0.1, -0.05) is 12.1 Å². The molecular weight excluding hydrogens is 320 g/mol. The van der Waals surface area contributed by atoms with Crippen molar-refractivity contribution < 1.29 is 19.1 Å². The van der Waals surface area contributed by atoms with E-state index in [0.29, 0.717) is 24.5 Å². The highest BCUT2D eigenvalue weighted by molar-refractivity contribution is 5.74. The summed E-state index contributed by atoms with van der Waals surface area (Å²) in [7, 11) is 0. The number of carbonyl (C=O) groups excluding carboxylic acids is 1. The lowest BCUT2D eigenvalue weighted by molar-refractivity contribution is 0.0579. The summed E-state index contributed by atoms with van der Waals surface area (Å²) >= 11 is 0. The monoisotopic (exact) mass is 346 g/mol. The van der Waals surface area contributed by atoms with Crippen LogP contribution in [0.3, 0.4) is 0 Å². The normalized spacial score (nSPS) is 13.2. The predicted molar refractivity (Wildman–Crippen MR) is 95.6 cm³/mol. The molecule has 1 unspecified atom stereocenters. The van der Waals surface area contributed by atoms with Gasteiger partial charge in [0.2, 0.25) is 0 Å². The molecule has 1 heterocycles. The second-order valence-corrected chi connectivity index (χ2v) is 6.22. The molecule has 6 heteroatoms. The molecule has 0 aliphatic rings. The molecule has 0 saturated heterocycles. The summed E-state index contributed by atoms with van der Waals surface area (Å²) in [5.74, 6) is 2.15. The molecule has 0 saturated carbocycles. The number of aryl methyl sites for hydroxylation is 2. The van der Waals surface area contributed by atoms with Gasteiger partial charge in [0.25, 0.3) is 0 Å². The fourth-order valence-electron chi connectivity index (χ4n) is 2.67. The summed E-state index contributed by atoms with van der Waals surface area (Å²) in [6.07, 6.45) is 0. The molecule has 0 aliphatic carbocycles. The van der Waals surface area contributed by atoms with Gasteiger partial charge in [0.15, 0.2) is 0 Å². The van der Waals surface area contributed by atoms with E-state index in [1.807, 2.05) is 38.1 Å². The fourth-order valence-corrected chi connectivity index (χ4v) is 2.67. The lowest BCUT2D eigenvalue weighted by Crippen LogP contribution is -2.43. The van der Waals surface area contributed by atoms with E-state index in [-0.39, 0.29) is 12.6 Å². The van der Waals surface area contributed by atoms with Crippen molar-refractivity contribution in [3.8, 4) is 5.75 Å². The van der Waals surface area contributed by atoms with Crippen LogP contribution in [0.5, 0.6) is 5.75 Å². The molecule has 2 aromatic rings. The first-order valence-corrected chi connectivity index (χ1v) is 8.35. The van der Waals surface area contributed by atoms with Gasteiger partial charge >= 0.3 is 6.03 Å². The van der Waals surface area contributed by atoms with Gasteiger partial charge in [-0.15, -0.1) is 0 Å². The van der Waals surface area contributed by atoms with Gasteiger partial charge in [-0.3, -0.25) is 0 Å². The van der Waals surface area contributed by atoms with Crippen molar-refractivity contribution in [2.24, 2.45) is 0 Å². The number of nitrogens with one attached hydrogen (secondary N) is 2. The minimum Gasteiger partial charge on any atom is -0.494 e. The number of hydrogen-bond acceptors (Lipinski definition) is 4. The Labute approximate surface area is 148 Å². The molecule has 3 N–H and O–H groups in total. The van der Waals surface area contributed by atoms with Gasteiger partial charge in [-0.05, 0) is 51.5 Å². The van der Waals surface area contributed by atoms with Crippen LogP contribution in [0.2, 0.25) is 0 Å². The van der Waals surface area contributed by atoms with Crippen molar-refractivity contribution in [3.63, 3.8) is 0 Å². The molecule has 6 nitrogen and oxygen atoms in total. The van der Waals surface area contributed by atoms with E-state index >= 15 is 0 Å². The molecular formula is C19H26N2O4. The number of hydrogen-bond donors (Lipinski definition) is 3. The Bertz CT molecular complexity index is 722. The van der Waals surface area contributed by atoms with E-state index in [2.05, 4.69) is 10.6 Å². The van der Waals surface area contributed by atoms with Gasteiger partial charge in [-0.2, -0.15) is 0 Å². The minimum absolute atomic E-state index is 0.0810. The van der Waals surface area contributed by atoms with Gasteiger partial charge in [0, 0.05) is 12.1 Å². The molecule has 0 bridgehead atoms. The summed E-state index contributed by atoms with van der Waals surface area (Å²) in [6, 6.07) is 9.00. The van der Waals surface area contributed by atoms with Crippen molar-refractivity contribution in [1.82, 2.24) is 10.6 Å². The molecule has 0 radical (unpaired) electrons. The Morgan fingerprint density at radius 1 is 1.28 bits per heavy atom. The molecule has 2 rings (SSSR count). The largest absolute Gasteiger partial charge is 0.494 e. The van der Waals surface area contributed by atoms with E-state index in [4.69, 9.17) is 9.15 Å². The zero-order chi connectivity index (χ0) is 18.4. The number of ether oxygens (including phenoxy) is 1. The quantitative estimate of drug-likeness (QED) is 0.720. The van der Waals surface area contributed by atoms with Crippen LogP contribution >= 0.6 is 0 Å². The maximum absolute atomic E-state index is 12.0. The standard InChI is InChI=1S/C19H26N2O4/c1-5-24-16-8-6-7-15(10-16)11-20-18(22)21-12-19(4,23)17-9-13(2)25-14(17)3/h6-10,23H,5,11-12H2,1-4H3,(H2,20,21,22). The van der Waals surface area contributed by atoms with Crippen LogP contribution in [-0.4, -0.2) is 24.3 Å². The molecule has 2 amide bonds. The fraction of sp³-hybridized carbons (Fsp3) is 0.421. The van der Waals surface area contributed by atoms with Gasteiger partial charge in [-0.25, -0.2) is 4.79 Å². The lowest BCUT2D eigenvalue weighted by atomic mass is 9.96. The number of urea groups is 1. The van der Waals surface area contributed by atoms with Crippen LogP contribution in [0.25, 0.3) is 0 Å². The van der Waals surface area contributed by atoms with Crippen LogP contribution in [-0.2, 0) is 12.1 Å². The molecule has 1 aromatic carbocycles. The number of carbonyl (C=O) groups is 1. The van der Waals surface area contributed by atoms with E-state index in [9.17, 15) is 9.90 Å². The average molecular weight is 346 g/mol. The highest BCUT2D eigenvalue weighted by Crippen LogP contribution is 2.26. The second kappa shape index (κ2) is 8.07. The smallest absolute Gasteiger partial charge is 0.315 e. The number of rotatable bonds is 7. The Balaban J connectivity index is 1.86. The Morgan fingerprint density at radius 3 is 2.68 bits per heavy atom. The third-order valence-electron chi connectivity index (χ3n) is 3.88. The van der Waals surface area contributed by atoms with Gasteiger partial charge < -0.3 is 24.9 Å². The van der Waals surface area contributed by atoms with Gasteiger partial charge in [0.1, 0.15) is 22.9 Å². The molecule has 136 valence electrons. The highest BCUT2D eigenvalue weighted by Gasteiger charge is 2.28. The van der Waals surface area contributed by atoms with Crippen LogP contribution in [0.15, 0.2) is 34.7 Å². The zero-order valence-corrected chi connectivity index (χ0v) is 15.2. The molecule has 0 fully saturated rings. The third kappa shape index (κ3) is 5.26. The predicted octanol–water partition coefficient (Wildman–Crippen LogP) is 3.00. The number of aliphatic hydroxyl groups is 1. The first-order chi connectivity index (χ1) is 11.8. The first-order valence-electron chi connectivity index (χ1n) is 8.35. The maximum atomic E-state index is 12.0. The number of amides is 2. The number of furan rings is 1. The van der Waals surface area contributed by atoms with Crippen molar-refractivity contribution in [1.29, 1.82) is 0 Å². The zero-order valence-electron chi connectivity index (χ0n) is 15.2. The SMILES string of the molecule is CCOc1cccc(CNC(=O)NCC(C)(O)c2cc(C)oc2C)c1. The van der Waals surface area contributed by atoms with E-state index in [0.717, 1.165) is 17.1 Å². The van der Waals surface area contributed by atoms with Crippen LogP contribution < -0.4 is 15.4 Å². The molecule has 0 aliphatic heterocycles. The molecule has 25 heavy (non-hydrogen) atoms. The second-order valence-electron chi connectivity index (χ2n) is 6.22. The summed E-state index contributed by atoms with van der Waals surface area (Å²) in [5.41, 5.74) is 0.414. The third-order valence-corrected chi connectivity index (χ3v) is 3.88. The average Bonchev–Trinajstić information content (AvgIpc) is 2.91. The molecule has 1 atom stereocenters. The Hall–Kier alpha value is -2.47. The van der Waals surface area contributed by atoms with Crippen LogP contribution in [0, 0.1) is 13.8 Å². The molecule has 0 spiro atoms. The van der Waals surface area contributed by atoms with Crippen molar-refractivity contribution >= 4 is 6.03 Å². The highest BCUT2D eigenvalue weighted by atomic mass is 16.5. The van der Waals surface area contributed by atoms with Crippen LogP contribution in [0.1, 0.15) is 36.5 Å². The minimum atomic E-state index is -1.20. The Morgan fingerprint density at radius 2 is 2.04 bits per heavy atom. The number of benzene rings is 1. The molecule has 1 aromatic heterocycles. The van der Waals surface area contributed by atoms with Crippen molar-refractivity contribution in [2.75, 3.05) is 13.2 Å². The maximum Gasteiger partial charge on any atom is 0.315 e. The summed E-state index contributed by atoms with van der Waals surface area (Å²) in [5, 5.41) is 16.1. The van der Waals surface area contributed by atoms with Gasteiger partial charge in [0.05, 0.1) is 13.2 Å². The van der Waals surface area contributed by atoms with E-state index < -0.39 is 5.60 Å². The summed E-state index contributed by atoms with van der Waals surface area (Å²) < 4.78 is 10.9. The van der Waals surface area contributed by atoms with E-state index in [1.165, 1.54) is 0 Å². The Kier molecular flexibility index (Phi) is 6.09. The van der Waals surface area contributed by atoms with Crippen molar-refractivity contribution in [2.45, 2.75) is 39.8 Å². The summed E-state index contributed by atoms with van der Waals surface area (Å²) in [4.78, 5) is 12.0. The lowest BCUT2D eigenvalue weighted by Gasteiger charge is -2.23. The summed E-state index contributed by atoms with van der Waals surface area (Å²) in [6.45, 7) is 8.24. The topological polar surface area (TPSA) is 83.7 Å². The van der Waals surface area contributed by atoms with Crippen LogP contribution in [0.4, 0.5) is 4.79 Å². The first kappa shape index (κ1) is 18.9.